The molecule has 0 amide bonds. The van der Waals surface area contributed by atoms with Crippen LogP contribution >= 0.6 is 79.4 Å². The van der Waals surface area contributed by atoms with Crippen LogP contribution in [0.15, 0.2) is 510 Å². The van der Waals surface area contributed by atoms with Gasteiger partial charge in [0.15, 0.2) is 0 Å². The molecule has 0 aliphatic rings. The fraction of sp³-hybridized carbons (Fsp3) is 0. The van der Waals surface area contributed by atoms with Gasteiger partial charge >= 0.3 is 0 Å². The van der Waals surface area contributed by atoms with E-state index in [2.05, 4.69) is 510 Å². The molecule has 7 heterocycles. The van der Waals surface area contributed by atoms with E-state index >= 15 is 0 Å². The number of thiophene rings is 7. The topological polar surface area (TPSA) is 0 Å². The molecule has 0 atom stereocenters. The summed E-state index contributed by atoms with van der Waals surface area (Å²) in [6, 6.07) is 181. The van der Waals surface area contributed by atoms with E-state index in [1.807, 2.05) is 79.4 Å². The van der Waals surface area contributed by atoms with Gasteiger partial charge in [0.2, 0.25) is 0 Å². The summed E-state index contributed by atoms with van der Waals surface area (Å²) in [6.07, 6.45) is 0. The Kier molecular flexibility index (Phi) is 24.4. The number of hydrogen-bond donors (Lipinski definition) is 0. The lowest BCUT2D eigenvalue weighted by Gasteiger charge is -2.03. The van der Waals surface area contributed by atoms with Crippen LogP contribution in [0.5, 0.6) is 0 Å². The van der Waals surface area contributed by atoms with Gasteiger partial charge in [0.25, 0.3) is 0 Å². The van der Waals surface area contributed by atoms with Gasteiger partial charge in [-0.2, -0.15) is 0 Å². The van der Waals surface area contributed by atoms with Gasteiger partial charge in [-0.25, -0.2) is 0 Å². The quantitative estimate of drug-likeness (QED) is 0.149. The molecule has 0 radical (unpaired) electrons. The molecule has 0 nitrogen and oxygen atoms in total. The Bertz CT molecular complexity index is 8180. The highest BCUT2D eigenvalue weighted by atomic mass is 32.1. The summed E-state index contributed by atoms with van der Waals surface area (Å²) in [6.45, 7) is 0. The monoisotopic (exact) mass is 1820 g/mol. The van der Waals surface area contributed by atoms with Crippen molar-refractivity contribution in [2.45, 2.75) is 0 Å². The molecule has 0 bridgehead atoms. The zero-order valence-electron chi connectivity index (χ0n) is 72.4. The van der Waals surface area contributed by atoms with Crippen LogP contribution in [0, 0.1) is 0 Å². The van der Waals surface area contributed by atoms with Crippen molar-refractivity contribution in [1.82, 2.24) is 0 Å². The van der Waals surface area contributed by atoms with Crippen LogP contribution in [-0.4, -0.2) is 0 Å². The number of rotatable bonds is 7. The first-order chi connectivity index (χ1) is 66.0. The average Bonchev–Trinajstić information content (AvgIpc) is 1.61. The Hall–Kier alpha value is -14.8. The SMILES string of the molecule is c1ccc(-c2ccc3sc4ccccc4c3c2)cc1.c1ccc(-c2ccc3sc4ccccc4c3c2)cc1.c1ccc(-c2cccc3c2sc2c(-c4ccccc4)cccc23)cc1.c1ccc(-c2cccc3c2sc2c(-c4ccccc4)cccc23)cc1.c1ccc(-c2cccc3c2sc2ccccc23)cc1.c1ccc2c(c1)sc1ccccc12.c1ccc2c(c1)sc1ccccc12. The lowest BCUT2D eigenvalue weighted by atomic mass is 10.0. The lowest BCUT2D eigenvalue weighted by Crippen LogP contribution is -1.77. The maximum absolute atomic E-state index is 2.31. The molecule has 0 aliphatic carbocycles. The van der Waals surface area contributed by atoms with Crippen LogP contribution in [0.4, 0.5) is 0 Å². The summed E-state index contributed by atoms with van der Waals surface area (Å²) in [5, 5.41) is 19.1. The highest BCUT2D eigenvalue weighted by molar-refractivity contribution is 7.29. The molecular weight excluding hydrogens is 1740 g/mol. The molecule has 133 heavy (non-hydrogen) atoms. The number of benzene rings is 21. The minimum absolute atomic E-state index is 1.28. The summed E-state index contributed by atoms with van der Waals surface area (Å²) < 4.78 is 19.2. The fourth-order valence-electron chi connectivity index (χ4n) is 18.0. The molecule has 0 N–H and O–H groups in total. The summed E-state index contributed by atoms with van der Waals surface area (Å²) >= 11 is 13.1. The predicted molar refractivity (Wildman–Crippen MR) is 593 cm³/mol. The van der Waals surface area contributed by atoms with Crippen LogP contribution in [-0.2, 0) is 0 Å². The van der Waals surface area contributed by atoms with Gasteiger partial charge in [-0.3, -0.25) is 0 Å². The zero-order chi connectivity index (χ0) is 88.6. The van der Waals surface area contributed by atoms with Crippen LogP contribution < -0.4 is 0 Å². The third-order valence-corrected chi connectivity index (χ3v) is 32.8. The molecule has 0 spiro atoms. The third-order valence-electron chi connectivity index (χ3n) is 24.4. The Labute approximate surface area is 800 Å². The van der Waals surface area contributed by atoms with Gasteiger partial charge in [-0.15, -0.1) is 79.4 Å². The maximum Gasteiger partial charge on any atom is 0.0434 e. The maximum atomic E-state index is 2.31. The van der Waals surface area contributed by atoms with Crippen molar-refractivity contribution in [2.75, 3.05) is 0 Å². The second-order valence-electron chi connectivity index (χ2n) is 32.6. The molecule has 0 unspecified atom stereocenters. The molecule has 21 aromatic carbocycles. The molecule has 0 saturated carbocycles. The molecular formula is C126H84S7. The van der Waals surface area contributed by atoms with Crippen LogP contribution in [0.25, 0.3) is 219 Å². The Morgan fingerprint density at radius 3 is 0.496 bits per heavy atom. The largest absolute Gasteiger partial charge is 0.135 e. The zero-order valence-corrected chi connectivity index (χ0v) is 78.1. The van der Waals surface area contributed by atoms with E-state index in [1.165, 1.54) is 219 Å². The summed E-state index contributed by atoms with van der Waals surface area (Å²) in [7, 11) is 0. The van der Waals surface area contributed by atoms with Gasteiger partial charge in [0, 0.05) is 141 Å². The summed E-state index contributed by atoms with van der Waals surface area (Å²) in [4.78, 5) is 0. The van der Waals surface area contributed by atoms with Gasteiger partial charge in [0.1, 0.15) is 0 Å². The van der Waals surface area contributed by atoms with E-state index in [-0.39, 0.29) is 0 Å². The van der Waals surface area contributed by atoms with Crippen molar-refractivity contribution in [1.29, 1.82) is 0 Å². The number of fused-ring (bicyclic) bond motifs is 21. The Morgan fingerprint density at radius 1 is 0.0902 bits per heavy atom. The van der Waals surface area contributed by atoms with E-state index < -0.39 is 0 Å². The van der Waals surface area contributed by atoms with E-state index in [0.29, 0.717) is 0 Å². The van der Waals surface area contributed by atoms with Crippen molar-refractivity contribution in [3.05, 3.63) is 510 Å². The van der Waals surface area contributed by atoms with Crippen molar-refractivity contribution >= 4 is 221 Å². The minimum atomic E-state index is 1.28. The van der Waals surface area contributed by atoms with Crippen molar-refractivity contribution in [3.63, 3.8) is 0 Å². The second kappa shape index (κ2) is 38.7. The summed E-state index contributed by atoms with van der Waals surface area (Å²) in [5.41, 5.74) is 18.1. The molecule has 28 rings (SSSR count). The molecule has 7 heteroatoms. The average molecular weight is 1820 g/mol. The van der Waals surface area contributed by atoms with Crippen LogP contribution in [0.1, 0.15) is 0 Å². The lowest BCUT2D eigenvalue weighted by molar-refractivity contribution is 1.66. The Balaban J connectivity index is 0.0000000915. The molecule has 630 valence electrons. The standard InChI is InChI=1S/2C24H16S.3C18H12S.2C12H8S/c2*1-3-9-17(10-4-1)19-13-7-15-21-22-16-8-14-20(24(22)25-23(19)21)18-11-5-2-6-12-18;1-2-7-13(8-3-1)14-10-6-11-16-15-9-4-5-12-17(15)19-18(14)16;2*1-2-6-13(7-3-1)14-10-11-18-16(12-14)15-8-4-5-9-17(15)19-18;2*1-3-7-11-9(5-1)10-6-2-4-8-12(10)13-11/h2*1-16H;3*1-12H;2*1-8H. The van der Waals surface area contributed by atoms with E-state index in [1.54, 1.807) is 0 Å². The van der Waals surface area contributed by atoms with Crippen molar-refractivity contribution in [2.24, 2.45) is 0 Å². The highest BCUT2D eigenvalue weighted by Crippen LogP contribution is 2.48. The Morgan fingerprint density at radius 2 is 0.256 bits per heavy atom. The second-order valence-corrected chi connectivity index (χ2v) is 40.0. The third kappa shape index (κ3) is 17.5. The predicted octanol–water partition coefficient (Wildman–Crippen LogP) is 40.1. The first kappa shape index (κ1) is 83.8. The number of hydrogen-bond acceptors (Lipinski definition) is 7. The van der Waals surface area contributed by atoms with Crippen LogP contribution in [0.3, 0.4) is 0 Å². The van der Waals surface area contributed by atoms with E-state index in [9.17, 15) is 0 Å². The molecule has 0 fully saturated rings. The minimum Gasteiger partial charge on any atom is -0.135 e. The van der Waals surface area contributed by atoms with Crippen LogP contribution in [0.2, 0.25) is 0 Å². The molecule has 0 aliphatic heterocycles. The fourth-order valence-corrected chi connectivity index (χ4v) is 26.4. The van der Waals surface area contributed by atoms with Crippen molar-refractivity contribution < 1.29 is 0 Å². The first-order valence-corrected chi connectivity index (χ1v) is 50.4. The highest BCUT2D eigenvalue weighted by Gasteiger charge is 2.18. The molecule has 7 aromatic heterocycles. The van der Waals surface area contributed by atoms with E-state index in [4.69, 9.17) is 0 Å². The van der Waals surface area contributed by atoms with Gasteiger partial charge in [-0.05, 0) is 145 Å². The normalized spacial score (nSPS) is 11.2. The van der Waals surface area contributed by atoms with Gasteiger partial charge < -0.3 is 0 Å². The van der Waals surface area contributed by atoms with Gasteiger partial charge in [0.05, 0.1) is 0 Å². The van der Waals surface area contributed by atoms with E-state index in [0.717, 1.165) is 0 Å². The molecule has 0 saturated heterocycles. The smallest absolute Gasteiger partial charge is 0.0434 e. The van der Waals surface area contributed by atoms with Crippen molar-refractivity contribution in [3.8, 4) is 77.9 Å². The van der Waals surface area contributed by atoms with Gasteiger partial charge in [-0.1, -0.05) is 443 Å². The molecule has 28 aromatic rings. The summed E-state index contributed by atoms with van der Waals surface area (Å²) in [5.74, 6) is 0. The first-order valence-electron chi connectivity index (χ1n) is 44.7.